The van der Waals surface area contributed by atoms with Crippen LogP contribution in [-0.4, -0.2) is 43.9 Å². The fourth-order valence-corrected chi connectivity index (χ4v) is 4.72. The number of aromatic nitrogens is 1. The van der Waals surface area contributed by atoms with Gasteiger partial charge in [-0.15, -0.1) is 0 Å². The molecule has 0 bridgehead atoms. The first-order valence-electron chi connectivity index (χ1n) is 8.88. The van der Waals surface area contributed by atoms with E-state index in [1.165, 1.54) is 5.56 Å². The van der Waals surface area contributed by atoms with Gasteiger partial charge >= 0.3 is 0 Å². The van der Waals surface area contributed by atoms with Crippen molar-refractivity contribution < 1.29 is 8.42 Å². The molecule has 1 saturated heterocycles. The Labute approximate surface area is 164 Å². The fraction of sp³-hybridized carbons (Fsp3) is 0.421. The minimum absolute atomic E-state index is 0.375. The van der Waals surface area contributed by atoms with Crippen LogP contribution < -0.4 is 4.90 Å². The van der Waals surface area contributed by atoms with Crippen molar-refractivity contribution in [3.8, 4) is 0 Å². The Hall–Kier alpha value is -1.44. The molecule has 1 aliphatic heterocycles. The Morgan fingerprint density at radius 1 is 1.08 bits per heavy atom. The molecular weight excluding hydrogens is 414 g/mol. The first-order valence-corrected chi connectivity index (χ1v) is 11.1. The topological polar surface area (TPSA) is 53.5 Å². The van der Waals surface area contributed by atoms with Gasteiger partial charge in [0.1, 0.15) is 5.82 Å². The van der Waals surface area contributed by atoms with Crippen LogP contribution in [0.2, 0.25) is 0 Å². The van der Waals surface area contributed by atoms with Crippen LogP contribution in [0, 0.1) is 0 Å². The van der Waals surface area contributed by atoms with Gasteiger partial charge in [0.2, 0.25) is 10.0 Å². The van der Waals surface area contributed by atoms with Crippen molar-refractivity contribution >= 4 is 31.8 Å². The molecule has 26 heavy (non-hydrogen) atoms. The molecule has 1 aromatic carbocycles. The number of benzene rings is 1. The van der Waals surface area contributed by atoms with Crippen molar-refractivity contribution in [2.24, 2.45) is 0 Å². The van der Waals surface area contributed by atoms with Gasteiger partial charge in [0.25, 0.3) is 0 Å². The molecule has 1 unspecified atom stereocenters. The van der Waals surface area contributed by atoms with Crippen LogP contribution in [0.4, 0.5) is 5.82 Å². The quantitative estimate of drug-likeness (QED) is 0.712. The number of piperazine rings is 1. The standard InChI is InChI=1S/C19H24BrN3O2S/c1-3-15(2)16-4-7-18(8-5-16)26(24,25)23-12-10-22(11-13-23)19-9-6-17(20)14-21-19/h4-9,14-15H,3,10-13H2,1-2H3. The monoisotopic (exact) mass is 437 g/mol. The Balaban J connectivity index is 1.68. The maximum absolute atomic E-state index is 12.9. The van der Waals surface area contributed by atoms with Gasteiger partial charge in [0.15, 0.2) is 0 Å². The molecule has 140 valence electrons. The number of sulfonamides is 1. The zero-order valence-corrected chi connectivity index (χ0v) is 17.5. The van der Waals surface area contributed by atoms with Gasteiger partial charge in [0.05, 0.1) is 4.90 Å². The molecule has 1 aliphatic rings. The summed E-state index contributed by atoms with van der Waals surface area (Å²) in [4.78, 5) is 6.88. The lowest BCUT2D eigenvalue weighted by atomic mass is 9.99. The van der Waals surface area contributed by atoms with Gasteiger partial charge in [-0.25, -0.2) is 13.4 Å². The molecule has 0 saturated carbocycles. The van der Waals surface area contributed by atoms with Crippen molar-refractivity contribution in [2.45, 2.75) is 31.1 Å². The number of rotatable bonds is 5. The molecule has 0 amide bonds. The molecule has 0 aliphatic carbocycles. The smallest absolute Gasteiger partial charge is 0.243 e. The maximum Gasteiger partial charge on any atom is 0.243 e. The highest BCUT2D eigenvalue weighted by atomic mass is 79.9. The second-order valence-corrected chi connectivity index (χ2v) is 9.46. The highest BCUT2D eigenvalue weighted by Crippen LogP contribution is 2.24. The van der Waals surface area contributed by atoms with E-state index in [-0.39, 0.29) is 0 Å². The van der Waals surface area contributed by atoms with Gasteiger partial charge in [-0.1, -0.05) is 26.0 Å². The lowest BCUT2D eigenvalue weighted by Gasteiger charge is -2.34. The lowest BCUT2D eigenvalue weighted by Crippen LogP contribution is -2.48. The van der Waals surface area contributed by atoms with E-state index < -0.39 is 10.0 Å². The first kappa shape index (κ1) is 19.3. The number of anilines is 1. The average Bonchev–Trinajstić information content (AvgIpc) is 2.68. The molecule has 3 rings (SSSR count). The summed E-state index contributed by atoms with van der Waals surface area (Å²) in [6, 6.07) is 11.2. The van der Waals surface area contributed by atoms with E-state index in [4.69, 9.17) is 0 Å². The van der Waals surface area contributed by atoms with Crippen molar-refractivity contribution in [3.05, 3.63) is 52.6 Å². The molecule has 7 heteroatoms. The number of hydrogen-bond donors (Lipinski definition) is 0. The summed E-state index contributed by atoms with van der Waals surface area (Å²) in [5.41, 5.74) is 1.18. The zero-order valence-electron chi connectivity index (χ0n) is 15.1. The van der Waals surface area contributed by atoms with Gasteiger partial charge in [-0.2, -0.15) is 4.31 Å². The van der Waals surface area contributed by atoms with E-state index in [0.29, 0.717) is 37.0 Å². The summed E-state index contributed by atoms with van der Waals surface area (Å²) in [7, 11) is -3.44. The van der Waals surface area contributed by atoms with Crippen LogP contribution in [0.5, 0.6) is 0 Å². The van der Waals surface area contributed by atoms with E-state index in [9.17, 15) is 8.42 Å². The Kier molecular flexibility index (Phi) is 5.99. The average molecular weight is 438 g/mol. The number of nitrogens with zero attached hydrogens (tertiary/aromatic N) is 3. The van der Waals surface area contributed by atoms with Crippen molar-refractivity contribution in [1.82, 2.24) is 9.29 Å². The number of hydrogen-bond acceptors (Lipinski definition) is 4. The molecule has 1 atom stereocenters. The summed E-state index contributed by atoms with van der Waals surface area (Å²) in [6.07, 6.45) is 2.80. The summed E-state index contributed by atoms with van der Waals surface area (Å²) < 4.78 is 28.3. The summed E-state index contributed by atoms with van der Waals surface area (Å²) in [5, 5.41) is 0. The molecule has 2 heterocycles. The molecule has 0 N–H and O–H groups in total. The Morgan fingerprint density at radius 2 is 1.73 bits per heavy atom. The van der Waals surface area contributed by atoms with Crippen LogP contribution in [0.1, 0.15) is 31.7 Å². The third-order valence-electron chi connectivity index (χ3n) is 4.97. The van der Waals surface area contributed by atoms with Gasteiger partial charge < -0.3 is 4.90 Å². The SMILES string of the molecule is CCC(C)c1ccc(S(=O)(=O)N2CCN(c3ccc(Br)cn3)CC2)cc1. The summed E-state index contributed by atoms with van der Waals surface area (Å²) >= 11 is 3.38. The van der Waals surface area contributed by atoms with Crippen LogP contribution in [0.25, 0.3) is 0 Å². The molecule has 5 nitrogen and oxygen atoms in total. The highest BCUT2D eigenvalue weighted by molar-refractivity contribution is 9.10. The third-order valence-corrected chi connectivity index (χ3v) is 7.36. The fourth-order valence-electron chi connectivity index (χ4n) is 3.07. The zero-order chi connectivity index (χ0) is 18.7. The van der Waals surface area contributed by atoms with E-state index in [1.54, 1.807) is 22.6 Å². The summed E-state index contributed by atoms with van der Waals surface area (Å²) in [5.74, 6) is 1.32. The highest BCUT2D eigenvalue weighted by Gasteiger charge is 2.28. The molecule has 1 fully saturated rings. The molecule has 2 aromatic rings. The second kappa shape index (κ2) is 8.06. The number of halogens is 1. The first-order chi connectivity index (χ1) is 12.4. The summed E-state index contributed by atoms with van der Waals surface area (Å²) in [6.45, 7) is 6.49. The maximum atomic E-state index is 12.9. The van der Waals surface area contributed by atoms with Crippen LogP contribution >= 0.6 is 15.9 Å². The minimum Gasteiger partial charge on any atom is -0.354 e. The minimum atomic E-state index is -3.44. The van der Waals surface area contributed by atoms with Crippen LogP contribution in [0.3, 0.4) is 0 Å². The van der Waals surface area contributed by atoms with Gasteiger partial charge in [0, 0.05) is 36.8 Å². The Bertz CT molecular complexity index is 830. The third kappa shape index (κ3) is 4.10. The molecular formula is C19H24BrN3O2S. The molecule has 0 radical (unpaired) electrons. The normalized spacial score (nSPS) is 17.3. The predicted octanol–water partition coefficient (Wildman–Crippen LogP) is 3.87. The van der Waals surface area contributed by atoms with Gasteiger partial charge in [-0.3, -0.25) is 0 Å². The van der Waals surface area contributed by atoms with E-state index in [2.05, 4.69) is 39.7 Å². The molecule has 0 spiro atoms. The van der Waals surface area contributed by atoms with Gasteiger partial charge in [-0.05, 0) is 58.1 Å². The van der Waals surface area contributed by atoms with E-state index in [0.717, 1.165) is 16.7 Å². The Morgan fingerprint density at radius 3 is 2.27 bits per heavy atom. The predicted molar refractivity (Wildman–Crippen MR) is 108 cm³/mol. The number of pyridine rings is 1. The van der Waals surface area contributed by atoms with Crippen molar-refractivity contribution in [3.63, 3.8) is 0 Å². The second-order valence-electron chi connectivity index (χ2n) is 6.60. The molecule has 1 aromatic heterocycles. The largest absolute Gasteiger partial charge is 0.354 e. The van der Waals surface area contributed by atoms with E-state index >= 15 is 0 Å². The van der Waals surface area contributed by atoms with Crippen molar-refractivity contribution in [2.75, 3.05) is 31.1 Å². The lowest BCUT2D eigenvalue weighted by molar-refractivity contribution is 0.384. The van der Waals surface area contributed by atoms with Crippen molar-refractivity contribution in [1.29, 1.82) is 0 Å². The van der Waals surface area contributed by atoms with Crippen LogP contribution in [0.15, 0.2) is 52.0 Å². The van der Waals surface area contributed by atoms with Crippen LogP contribution in [-0.2, 0) is 10.0 Å². The van der Waals surface area contributed by atoms with E-state index in [1.807, 2.05) is 24.3 Å².